The number of hydrogen-bond acceptors (Lipinski definition) is 5. The van der Waals surface area contributed by atoms with Crippen LogP contribution in [0, 0.1) is 17.8 Å². The van der Waals surface area contributed by atoms with E-state index in [4.69, 9.17) is 14.2 Å². The van der Waals surface area contributed by atoms with Gasteiger partial charge in [-0.3, -0.25) is 0 Å². The second kappa shape index (κ2) is 3.46. The van der Waals surface area contributed by atoms with Gasteiger partial charge in [-0.1, -0.05) is 0 Å². The highest BCUT2D eigenvalue weighted by Gasteiger charge is 2.56. The minimum Gasteiger partial charge on any atom is -0.472 e. The summed E-state index contributed by atoms with van der Waals surface area (Å²) < 4.78 is 15.5. The first-order valence-electron chi connectivity index (χ1n) is 5.46. The van der Waals surface area contributed by atoms with Crippen LogP contribution in [0.1, 0.15) is 6.42 Å². The normalized spacial score (nSPS) is 44.6. The number of aliphatic hydroxyl groups excluding tert-OH is 1. The van der Waals surface area contributed by atoms with E-state index in [9.17, 15) is 9.90 Å². The number of ether oxygens (including phenoxy) is 3. The average molecular weight is 226 g/mol. The molecule has 3 rings (SSSR count). The Labute approximate surface area is 93.0 Å². The smallest absolute Gasteiger partial charge is 0.337 e. The molecule has 0 spiro atoms. The Morgan fingerprint density at radius 2 is 2.44 bits per heavy atom. The van der Waals surface area contributed by atoms with Gasteiger partial charge in [0, 0.05) is 11.8 Å². The van der Waals surface area contributed by atoms with Crippen LogP contribution in [0.5, 0.6) is 0 Å². The molecule has 0 amide bonds. The van der Waals surface area contributed by atoms with E-state index in [1.54, 1.807) is 0 Å². The van der Waals surface area contributed by atoms with Gasteiger partial charge in [-0.05, 0) is 12.3 Å². The number of esters is 1. The van der Waals surface area contributed by atoms with E-state index in [0.29, 0.717) is 24.5 Å². The van der Waals surface area contributed by atoms with Crippen LogP contribution < -0.4 is 0 Å². The quantitative estimate of drug-likeness (QED) is 0.640. The molecule has 0 aromatic carbocycles. The molecule has 5 nitrogen and oxygen atoms in total. The maximum Gasteiger partial charge on any atom is 0.337 e. The van der Waals surface area contributed by atoms with Crippen LogP contribution in [0.4, 0.5) is 0 Å². The second-order valence-corrected chi connectivity index (χ2v) is 4.57. The van der Waals surface area contributed by atoms with Crippen molar-refractivity contribution in [3.05, 3.63) is 11.8 Å². The van der Waals surface area contributed by atoms with Crippen LogP contribution in [0.3, 0.4) is 0 Å². The highest BCUT2D eigenvalue weighted by atomic mass is 16.7. The summed E-state index contributed by atoms with van der Waals surface area (Å²) in [6.07, 6.45) is 1.26. The van der Waals surface area contributed by atoms with Crippen LogP contribution in [0.25, 0.3) is 0 Å². The van der Waals surface area contributed by atoms with E-state index in [-0.39, 0.29) is 18.1 Å². The van der Waals surface area contributed by atoms with Crippen LogP contribution in [-0.2, 0) is 19.0 Å². The van der Waals surface area contributed by atoms with Gasteiger partial charge in [-0.15, -0.1) is 0 Å². The first-order chi connectivity index (χ1) is 7.72. The van der Waals surface area contributed by atoms with Crippen LogP contribution in [-0.4, -0.2) is 37.2 Å². The highest BCUT2D eigenvalue weighted by molar-refractivity contribution is 5.89. The third-order valence-electron chi connectivity index (χ3n) is 3.82. The number of hydrogen-bond donors (Lipinski definition) is 1. The molecule has 0 aromatic heterocycles. The molecular formula is C11H14O5. The van der Waals surface area contributed by atoms with Crippen LogP contribution in [0.15, 0.2) is 11.8 Å². The topological polar surface area (TPSA) is 65.0 Å². The Bertz CT molecular complexity index is 350. The van der Waals surface area contributed by atoms with Gasteiger partial charge in [-0.2, -0.15) is 0 Å². The summed E-state index contributed by atoms with van der Waals surface area (Å²) in [6.45, 7) is 0.602. The van der Waals surface area contributed by atoms with Crippen molar-refractivity contribution >= 4 is 5.97 Å². The fourth-order valence-electron chi connectivity index (χ4n) is 3.13. The molecule has 2 heterocycles. The van der Waals surface area contributed by atoms with Crippen molar-refractivity contribution in [2.24, 2.45) is 17.8 Å². The van der Waals surface area contributed by atoms with Crippen molar-refractivity contribution in [2.45, 2.75) is 18.8 Å². The predicted molar refractivity (Wildman–Crippen MR) is 52.0 cm³/mol. The van der Waals surface area contributed by atoms with Gasteiger partial charge in [-0.25, -0.2) is 4.79 Å². The van der Waals surface area contributed by atoms with Gasteiger partial charge in [0.2, 0.25) is 6.29 Å². The molecule has 3 aliphatic rings. The molecule has 1 saturated carbocycles. The molecule has 4 unspecified atom stereocenters. The third kappa shape index (κ3) is 1.21. The van der Waals surface area contributed by atoms with Gasteiger partial charge in [0.05, 0.1) is 31.7 Å². The van der Waals surface area contributed by atoms with Crippen molar-refractivity contribution in [1.82, 2.24) is 0 Å². The average Bonchev–Trinajstić information content (AvgIpc) is 2.84. The minimum atomic E-state index is -0.490. The zero-order valence-corrected chi connectivity index (χ0v) is 8.96. The molecule has 2 aliphatic heterocycles. The van der Waals surface area contributed by atoms with Crippen molar-refractivity contribution in [1.29, 1.82) is 0 Å². The second-order valence-electron chi connectivity index (χ2n) is 4.57. The van der Waals surface area contributed by atoms with Crippen molar-refractivity contribution in [3.63, 3.8) is 0 Å². The standard InChI is InChI=1S/C11H14O5/c1-14-10(13)6-4-16-11-8-5(3-15-11)2-7(12)9(6)8/h4-5,7-9,11-12H,2-3H2,1H3/t5?,7?,8?,9?,11-/m0/s1. The number of rotatable bonds is 1. The first kappa shape index (κ1) is 10.1. The van der Waals surface area contributed by atoms with Crippen LogP contribution >= 0.6 is 0 Å². The van der Waals surface area contributed by atoms with Gasteiger partial charge in [0.25, 0.3) is 0 Å². The summed E-state index contributed by atoms with van der Waals surface area (Å²) in [5.41, 5.74) is 0.434. The monoisotopic (exact) mass is 226 g/mol. The lowest BCUT2D eigenvalue weighted by atomic mass is 9.84. The number of methoxy groups -OCH3 is 1. The van der Waals surface area contributed by atoms with Gasteiger partial charge < -0.3 is 19.3 Å². The fourth-order valence-corrected chi connectivity index (χ4v) is 3.13. The zero-order chi connectivity index (χ0) is 11.3. The molecule has 2 fully saturated rings. The van der Waals surface area contributed by atoms with E-state index in [0.717, 1.165) is 0 Å². The molecule has 0 aromatic rings. The molecule has 1 aliphatic carbocycles. The molecule has 16 heavy (non-hydrogen) atoms. The van der Waals surface area contributed by atoms with Crippen molar-refractivity contribution < 1.29 is 24.1 Å². The third-order valence-corrected chi connectivity index (χ3v) is 3.82. The van der Waals surface area contributed by atoms with E-state index >= 15 is 0 Å². The minimum absolute atomic E-state index is 0.0918. The molecule has 5 heteroatoms. The Hall–Kier alpha value is -1.07. The Kier molecular flexibility index (Phi) is 2.19. The Balaban J connectivity index is 1.95. The fraction of sp³-hybridized carbons (Fsp3) is 0.727. The van der Waals surface area contributed by atoms with Crippen molar-refractivity contribution in [3.8, 4) is 0 Å². The number of carbonyl (C=O) groups excluding carboxylic acids is 1. The lowest BCUT2D eigenvalue weighted by Crippen LogP contribution is -2.36. The lowest BCUT2D eigenvalue weighted by Gasteiger charge is -2.30. The lowest BCUT2D eigenvalue weighted by molar-refractivity contribution is -0.144. The Morgan fingerprint density at radius 1 is 1.62 bits per heavy atom. The maximum atomic E-state index is 11.6. The summed E-state index contributed by atoms with van der Waals surface area (Å²) in [4.78, 5) is 11.6. The number of carbonyl (C=O) groups is 1. The predicted octanol–water partition coefficient (Wildman–Crippen LogP) is 0.0430. The summed E-state index contributed by atoms with van der Waals surface area (Å²) in [5.74, 6) is -0.235. The van der Waals surface area contributed by atoms with E-state index in [1.165, 1.54) is 13.4 Å². The summed E-state index contributed by atoms with van der Waals surface area (Å²) in [5, 5.41) is 10.0. The summed E-state index contributed by atoms with van der Waals surface area (Å²) in [6, 6.07) is 0. The van der Waals surface area contributed by atoms with E-state index < -0.39 is 12.1 Å². The molecular weight excluding hydrogens is 212 g/mol. The summed E-state index contributed by atoms with van der Waals surface area (Å²) >= 11 is 0. The molecule has 1 saturated heterocycles. The first-order valence-corrected chi connectivity index (χ1v) is 5.46. The number of aliphatic hydroxyl groups is 1. The van der Waals surface area contributed by atoms with Gasteiger partial charge in [0.1, 0.15) is 0 Å². The largest absolute Gasteiger partial charge is 0.472 e. The zero-order valence-electron chi connectivity index (χ0n) is 8.96. The van der Waals surface area contributed by atoms with Gasteiger partial charge in [0.15, 0.2) is 0 Å². The molecule has 88 valence electrons. The Morgan fingerprint density at radius 3 is 3.19 bits per heavy atom. The summed E-state index contributed by atoms with van der Waals surface area (Å²) in [7, 11) is 1.33. The highest BCUT2D eigenvalue weighted by Crippen LogP contribution is 2.50. The maximum absolute atomic E-state index is 11.6. The van der Waals surface area contributed by atoms with E-state index in [1.807, 2.05) is 0 Å². The molecule has 1 N–H and O–H groups in total. The molecule has 5 atom stereocenters. The van der Waals surface area contributed by atoms with Crippen LogP contribution in [0.2, 0.25) is 0 Å². The SMILES string of the molecule is COC(=O)C1=CO[C@@H]2OCC3CC(O)C1C32. The molecule has 0 bridgehead atoms. The van der Waals surface area contributed by atoms with Crippen molar-refractivity contribution in [2.75, 3.05) is 13.7 Å². The van der Waals surface area contributed by atoms with Gasteiger partial charge >= 0.3 is 5.97 Å². The van der Waals surface area contributed by atoms with E-state index in [2.05, 4.69) is 0 Å². The molecule has 0 radical (unpaired) electrons.